The predicted molar refractivity (Wildman–Crippen MR) is 121 cm³/mol. The number of unbranched alkanes of at least 4 members (excludes halogenated alkanes) is 1. The van der Waals surface area contributed by atoms with Crippen LogP contribution in [0.25, 0.3) is 0 Å². The second-order valence-corrected chi connectivity index (χ2v) is 8.39. The molecule has 2 heterocycles. The van der Waals surface area contributed by atoms with Gasteiger partial charge in [-0.3, -0.25) is 4.99 Å². The number of hydrogen-bond acceptors (Lipinski definition) is 7. The molecule has 0 saturated carbocycles. The minimum absolute atomic E-state index is 0. The van der Waals surface area contributed by atoms with Crippen LogP contribution < -0.4 is 5.32 Å². The summed E-state index contributed by atoms with van der Waals surface area (Å²) in [7, 11) is 0.00244. The van der Waals surface area contributed by atoms with E-state index in [0.717, 1.165) is 25.3 Å². The first kappa shape index (κ1) is 26.1. The van der Waals surface area contributed by atoms with Crippen LogP contribution in [0, 0.1) is 0 Å². The van der Waals surface area contributed by atoms with Crippen molar-refractivity contribution in [2.45, 2.75) is 18.6 Å². The minimum atomic E-state index is -3.40. The molecule has 0 aromatic carbocycles. The van der Waals surface area contributed by atoms with Gasteiger partial charge in [0.15, 0.2) is 5.96 Å². The van der Waals surface area contributed by atoms with Gasteiger partial charge < -0.3 is 24.2 Å². The van der Waals surface area contributed by atoms with Crippen LogP contribution in [0.3, 0.4) is 0 Å². The molecule has 0 spiro atoms. The molecule has 1 saturated heterocycles. The maximum absolute atomic E-state index is 12.5. The Morgan fingerprint density at radius 3 is 2.62 bits per heavy atom. The van der Waals surface area contributed by atoms with Crippen LogP contribution in [0.2, 0.25) is 0 Å². The zero-order valence-corrected chi connectivity index (χ0v) is 20.2. The lowest BCUT2D eigenvalue weighted by molar-refractivity contribution is 0.0689. The zero-order valence-electron chi connectivity index (χ0n) is 17.1. The Labute approximate surface area is 190 Å². The standard InChI is InChI=1S/C17H31N5O5S.HI/c1-18-17(19-6-3-4-11-26-14-13-25-2)21-7-9-22(10-8-21)28(23,24)15-16-5-12-27-20-16;/h5,12H,3-4,6-11,13-15H2,1-2H3,(H,18,19);1H. The van der Waals surface area contributed by atoms with Crippen LogP contribution in [0.5, 0.6) is 0 Å². The summed E-state index contributed by atoms with van der Waals surface area (Å²) in [5, 5.41) is 7.02. The molecule has 1 aliphatic rings. The van der Waals surface area contributed by atoms with Crippen LogP contribution in [-0.2, 0) is 25.2 Å². The smallest absolute Gasteiger partial charge is 0.220 e. The Morgan fingerprint density at radius 1 is 1.24 bits per heavy atom. The van der Waals surface area contributed by atoms with Crippen molar-refractivity contribution in [3.63, 3.8) is 0 Å². The fourth-order valence-electron chi connectivity index (χ4n) is 2.87. The number of nitrogens with one attached hydrogen (secondary N) is 1. The lowest BCUT2D eigenvalue weighted by Crippen LogP contribution is -2.54. The van der Waals surface area contributed by atoms with Gasteiger partial charge in [-0.15, -0.1) is 24.0 Å². The molecule has 10 nitrogen and oxygen atoms in total. The van der Waals surface area contributed by atoms with Crippen molar-refractivity contribution < 1.29 is 22.4 Å². The molecule has 0 amide bonds. The van der Waals surface area contributed by atoms with E-state index < -0.39 is 10.0 Å². The van der Waals surface area contributed by atoms with Crippen LogP contribution >= 0.6 is 24.0 Å². The third kappa shape index (κ3) is 9.15. The molecule has 1 aromatic heterocycles. The van der Waals surface area contributed by atoms with Gasteiger partial charge in [0.25, 0.3) is 0 Å². The number of guanidine groups is 1. The van der Waals surface area contributed by atoms with Crippen molar-refractivity contribution in [1.29, 1.82) is 0 Å². The highest BCUT2D eigenvalue weighted by atomic mass is 127. The summed E-state index contributed by atoms with van der Waals surface area (Å²) in [4.78, 5) is 6.39. The Balaban J connectivity index is 0.00000420. The summed E-state index contributed by atoms with van der Waals surface area (Å²) in [5.41, 5.74) is 0.422. The number of aromatic nitrogens is 1. The van der Waals surface area contributed by atoms with Gasteiger partial charge in [-0.2, -0.15) is 4.31 Å². The Hall–Kier alpha value is -0.960. The molecule has 0 atom stereocenters. The Kier molecular flexibility index (Phi) is 12.7. The molecule has 0 bridgehead atoms. The van der Waals surface area contributed by atoms with E-state index in [0.29, 0.717) is 51.7 Å². The molecule has 0 aliphatic carbocycles. The van der Waals surface area contributed by atoms with Gasteiger partial charge in [-0.25, -0.2) is 8.42 Å². The molecule has 0 radical (unpaired) electrons. The molecule has 1 aromatic rings. The summed E-state index contributed by atoms with van der Waals surface area (Å²) in [6.45, 7) is 4.79. The van der Waals surface area contributed by atoms with Gasteiger partial charge in [0.05, 0.1) is 18.9 Å². The van der Waals surface area contributed by atoms with E-state index in [-0.39, 0.29) is 29.7 Å². The molecule has 29 heavy (non-hydrogen) atoms. The summed E-state index contributed by atoms with van der Waals surface area (Å²) in [5.74, 6) is 0.664. The average Bonchev–Trinajstić information content (AvgIpc) is 3.19. The molecule has 168 valence electrons. The molecule has 2 rings (SSSR count). The Bertz CT molecular complexity index is 678. The lowest BCUT2D eigenvalue weighted by Gasteiger charge is -2.35. The number of ether oxygens (including phenoxy) is 2. The predicted octanol–water partition coefficient (Wildman–Crippen LogP) is 0.759. The van der Waals surface area contributed by atoms with Crippen LogP contribution in [0.15, 0.2) is 21.8 Å². The minimum Gasteiger partial charge on any atom is -0.382 e. The fraction of sp³-hybridized carbons (Fsp3) is 0.765. The SMILES string of the molecule is CN=C(NCCCCOCCOC)N1CCN(S(=O)(=O)Cc2ccon2)CC1.I. The van der Waals surface area contributed by atoms with Crippen LogP contribution in [0.1, 0.15) is 18.5 Å². The first-order valence-corrected chi connectivity index (χ1v) is 11.1. The number of piperazine rings is 1. The van der Waals surface area contributed by atoms with E-state index in [4.69, 9.17) is 14.0 Å². The normalized spacial score (nSPS) is 15.9. The van der Waals surface area contributed by atoms with E-state index in [1.807, 2.05) is 0 Å². The third-order valence-electron chi connectivity index (χ3n) is 4.40. The molecule has 0 unspecified atom stereocenters. The van der Waals surface area contributed by atoms with Gasteiger partial charge in [-0.1, -0.05) is 5.16 Å². The van der Waals surface area contributed by atoms with Gasteiger partial charge in [0.1, 0.15) is 12.0 Å². The first-order chi connectivity index (χ1) is 13.6. The highest BCUT2D eigenvalue weighted by Crippen LogP contribution is 2.12. The number of rotatable bonds is 11. The van der Waals surface area contributed by atoms with Gasteiger partial charge in [0.2, 0.25) is 10.0 Å². The molecular formula is C17H32IN5O5S. The van der Waals surface area contributed by atoms with E-state index in [1.54, 1.807) is 20.2 Å². The number of aliphatic imine (C=N–C) groups is 1. The summed E-state index contributed by atoms with van der Waals surface area (Å²) >= 11 is 0. The van der Waals surface area contributed by atoms with E-state index in [1.165, 1.54) is 10.6 Å². The van der Waals surface area contributed by atoms with E-state index in [2.05, 4.69) is 20.4 Å². The number of sulfonamides is 1. The van der Waals surface area contributed by atoms with Crippen molar-refractivity contribution in [1.82, 2.24) is 19.7 Å². The third-order valence-corrected chi connectivity index (χ3v) is 6.21. The van der Waals surface area contributed by atoms with Crippen molar-refractivity contribution in [2.24, 2.45) is 4.99 Å². The zero-order chi connectivity index (χ0) is 20.2. The van der Waals surface area contributed by atoms with Crippen molar-refractivity contribution in [3.8, 4) is 0 Å². The van der Waals surface area contributed by atoms with Crippen molar-refractivity contribution >= 4 is 40.0 Å². The van der Waals surface area contributed by atoms with Gasteiger partial charge >= 0.3 is 0 Å². The molecule has 1 fully saturated rings. The average molecular weight is 545 g/mol. The second-order valence-electron chi connectivity index (χ2n) is 6.42. The number of hydrogen-bond donors (Lipinski definition) is 1. The number of halogens is 1. The molecule has 1 aliphatic heterocycles. The second kappa shape index (κ2) is 14.1. The number of methoxy groups -OCH3 is 1. The first-order valence-electron chi connectivity index (χ1n) is 9.46. The van der Waals surface area contributed by atoms with Crippen molar-refractivity contribution in [3.05, 3.63) is 18.0 Å². The van der Waals surface area contributed by atoms with Gasteiger partial charge in [0, 0.05) is 59.6 Å². The van der Waals surface area contributed by atoms with E-state index in [9.17, 15) is 8.42 Å². The number of nitrogens with zero attached hydrogens (tertiary/aromatic N) is 4. The van der Waals surface area contributed by atoms with Crippen LogP contribution in [-0.4, -0.2) is 95.4 Å². The Morgan fingerprint density at radius 2 is 2.00 bits per heavy atom. The monoisotopic (exact) mass is 545 g/mol. The van der Waals surface area contributed by atoms with Gasteiger partial charge in [-0.05, 0) is 12.8 Å². The topological polar surface area (TPSA) is 110 Å². The molecule has 12 heteroatoms. The fourth-order valence-corrected chi connectivity index (χ4v) is 4.30. The molecule has 1 N–H and O–H groups in total. The summed E-state index contributed by atoms with van der Waals surface area (Å²) in [6, 6.07) is 1.57. The van der Waals surface area contributed by atoms with E-state index >= 15 is 0 Å². The summed E-state index contributed by atoms with van der Waals surface area (Å²) in [6.07, 6.45) is 3.31. The van der Waals surface area contributed by atoms with Crippen molar-refractivity contribution in [2.75, 3.05) is 66.7 Å². The summed E-state index contributed by atoms with van der Waals surface area (Å²) < 4.78 is 41.6. The largest absolute Gasteiger partial charge is 0.382 e. The molecular weight excluding hydrogens is 513 g/mol. The highest BCUT2D eigenvalue weighted by molar-refractivity contribution is 14.0. The quantitative estimate of drug-likeness (QED) is 0.188. The highest BCUT2D eigenvalue weighted by Gasteiger charge is 2.28. The lowest BCUT2D eigenvalue weighted by atomic mass is 10.3. The van der Waals surface area contributed by atoms with Crippen LogP contribution in [0.4, 0.5) is 0 Å². The maximum Gasteiger partial charge on any atom is 0.220 e. The maximum atomic E-state index is 12.5.